The highest BCUT2D eigenvalue weighted by Gasteiger charge is 2.31. The molecule has 1 aliphatic rings. The van der Waals surface area contributed by atoms with Crippen LogP contribution in [0.3, 0.4) is 0 Å². The Morgan fingerprint density at radius 3 is 2.12 bits per heavy atom. The summed E-state index contributed by atoms with van der Waals surface area (Å²) in [4.78, 5) is 13.1. The number of nitrogens with zero attached hydrogens (tertiary/aromatic N) is 1. The molecule has 0 aromatic heterocycles. The lowest BCUT2D eigenvalue weighted by atomic mass is 10.2. The lowest BCUT2D eigenvalue weighted by molar-refractivity contribution is 0.0985. The van der Waals surface area contributed by atoms with Crippen LogP contribution in [-0.4, -0.2) is 40.4 Å². The Balaban J connectivity index is 0.000000280. The molecule has 0 bridgehead atoms. The molecule has 16 heavy (non-hydrogen) atoms. The molecule has 1 aliphatic heterocycles. The number of hydrogen-bond acceptors (Lipinski definition) is 4. The zero-order valence-corrected chi connectivity index (χ0v) is 10.2. The van der Waals surface area contributed by atoms with Gasteiger partial charge in [-0.25, -0.2) is 13.1 Å². The molecule has 0 fully saturated rings. The van der Waals surface area contributed by atoms with Gasteiger partial charge >= 0.3 is 0 Å². The average Bonchev–Trinajstić information content (AvgIpc) is 2.38. The second kappa shape index (κ2) is 4.63. The van der Waals surface area contributed by atoms with Crippen LogP contribution in [0.25, 0.3) is 0 Å². The summed E-state index contributed by atoms with van der Waals surface area (Å²) in [6.07, 6.45) is 0. The van der Waals surface area contributed by atoms with Gasteiger partial charge in [-0.3, -0.25) is 4.79 Å². The number of benzene rings is 1. The highest BCUT2D eigenvalue weighted by atomic mass is 32.2. The second-order valence-corrected chi connectivity index (χ2v) is 5.42. The Kier molecular flexibility index (Phi) is 3.66. The van der Waals surface area contributed by atoms with E-state index in [2.05, 4.69) is 0 Å². The molecule has 2 rings (SSSR count). The van der Waals surface area contributed by atoms with E-state index in [1.165, 1.54) is 12.1 Å². The molecule has 6 heteroatoms. The van der Waals surface area contributed by atoms with Crippen molar-refractivity contribution in [1.29, 1.82) is 0 Å². The molecular weight excluding hydrogens is 228 g/mol. The molecule has 1 aromatic carbocycles. The Morgan fingerprint density at radius 2 is 1.62 bits per heavy atom. The van der Waals surface area contributed by atoms with E-state index in [1.54, 1.807) is 12.1 Å². The fraction of sp³-hybridized carbons (Fsp3) is 0.300. The Hall–Kier alpha value is -1.40. The van der Waals surface area contributed by atoms with Crippen molar-refractivity contribution < 1.29 is 13.2 Å². The van der Waals surface area contributed by atoms with Crippen molar-refractivity contribution >= 4 is 15.9 Å². The van der Waals surface area contributed by atoms with E-state index in [-0.39, 0.29) is 10.5 Å². The Labute approximate surface area is 95.1 Å². The minimum absolute atomic E-state index is 0.0648. The van der Waals surface area contributed by atoms with Crippen molar-refractivity contribution in [3.63, 3.8) is 0 Å². The van der Waals surface area contributed by atoms with Crippen LogP contribution in [0.2, 0.25) is 0 Å². The first-order valence-corrected chi connectivity index (χ1v) is 6.10. The summed E-state index contributed by atoms with van der Waals surface area (Å²) in [7, 11) is 2.45. The molecular formula is C10H14N2O3S. The minimum atomic E-state index is -3.55. The normalized spacial score (nSPS) is 16.1. The van der Waals surface area contributed by atoms with Crippen LogP contribution in [0, 0.1) is 0 Å². The van der Waals surface area contributed by atoms with E-state index >= 15 is 0 Å². The summed E-state index contributed by atoms with van der Waals surface area (Å²) in [5, 5.41) is 0. The minimum Gasteiger partial charge on any atom is -0.312 e. The maximum atomic E-state index is 11.1. The molecule has 5 nitrogen and oxygen atoms in total. The molecule has 0 saturated carbocycles. The number of carbonyl (C=O) groups is 1. The third-order valence-electron chi connectivity index (χ3n) is 1.65. The summed E-state index contributed by atoms with van der Waals surface area (Å²) in [5.41, 5.74) is 0.220. The van der Waals surface area contributed by atoms with E-state index < -0.39 is 15.9 Å². The third kappa shape index (κ3) is 2.80. The van der Waals surface area contributed by atoms with Gasteiger partial charge in [-0.1, -0.05) is 12.1 Å². The van der Waals surface area contributed by atoms with Gasteiger partial charge in [-0.05, 0) is 33.3 Å². The van der Waals surface area contributed by atoms with Crippen LogP contribution < -0.4 is 4.72 Å². The number of fused-ring (bicyclic) bond motifs is 1. The number of sulfonamides is 1. The van der Waals surface area contributed by atoms with Gasteiger partial charge in [0.15, 0.2) is 0 Å². The monoisotopic (exact) mass is 242 g/mol. The van der Waals surface area contributed by atoms with Gasteiger partial charge < -0.3 is 4.90 Å². The summed E-state index contributed by atoms with van der Waals surface area (Å²) in [5.74, 6) is -0.550. The molecule has 1 N–H and O–H groups in total. The van der Waals surface area contributed by atoms with Gasteiger partial charge in [0.25, 0.3) is 15.9 Å². The quantitative estimate of drug-likeness (QED) is 0.710. The zero-order valence-electron chi connectivity index (χ0n) is 9.39. The second-order valence-electron chi connectivity index (χ2n) is 3.77. The first-order valence-electron chi connectivity index (χ1n) is 4.61. The Morgan fingerprint density at radius 1 is 1.12 bits per heavy atom. The lowest BCUT2D eigenvalue weighted by Gasteiger charge is -1.91. The van der Waals surface area contributed by atoms with E-state index in [0.29, 0.717) is 0 Å². The molecule has 0 saturated heterocycles. The molecule has 1 heterocycles. The summed E-state index contributed by atoms with van der Waals surface area (Å²) >= 11 is 0. The van der Waals surface area contributed by atoms with Crippen molar-refractivity contribution in [3.05, 3.63) is 29.8 Å². The molecule has 88 valence electrons. The highest BCUT2D eigenvalue weighted by Crippen LogP contribution is 2.20. The summed E-state index contributed by atoms with van der Waals surface area (Å²) in [6, 6.07) is 6.09. The third-order valence-corrected chi connectivity index (χ3v) is 3.04. The highest BCUT2D eigenvalue weighted by molar-refractivity contribution is 7.90. The van der Waals surface area contributed by atoms with Crippen LogP contribution >= 0.6 is 0 Å². The zero-order chi connectivity index (χ0) is 12.3. The van der Waals surface area contributed by atoms with E-state index in [1.807, 2.05) is 30.8 Å². The maximum absolute atomic E-state index is 11.1. The van der Waals surface area contributed by atoms with E-state index in [9.17, 15) is 13.2 Å². The van der Waals surface area contributed by atoms with Crippen LogP contribution in [0.15, 0.2) is 29.2 Å². The molecule has 0 unspecified atom stereocenters. The number of amides is 1. The van der Waals surface area contributed by atoms with Crippen LogP contribution in [0.1, 0.15) is 10.4 Å². The van der Waals surface area contributed by atoms with Gasteiger partial charge in [0.1, 0.15) is 4.90 Å². The van der Waals surface area contributed by atoms with Crippen molar-refractivity contribution in [2.75, 3.05) is 21.1 Å². The van der Waals surface area contributed by atoms with Crippen molar-refractivity contribution in [2.24, 2.45) is 0 Å². The van der Waals surface area contributed by atoms with Gasteiger partial charge in [0, 0.05) is 0 Å². The Bertz CT molecular complexity index is 492. The lowest BCUT2D eigenvalue weighted by Crippen LogP contribution is -2.20. The standard InChI is InChI=1S/C7H5NO3S.C3H9N/c9-7-5-3-1-2-4-6(5)12(10,11)8-7;1-4(2)3/h1-4H,(H,8,9);1-3H3. The van der Waals surface area contributed by atoms with E-state index in [0.717, 1.165) is 0 Å². The number of nitrogens with one attached hydrogen (secondary N) is 1. The molecule has 1 amide bonds. The predicted octanol–water partition coefficient (Wildman–Crippen LogP) is 0.296. The SMILES string of the molecule is CN(C)C.O=C1NS(=O)(=O)c2ccccc21. The largest absolute Gasteiger partial charge is 0.312 e. The smallest absolute Gasteiger partial charge is 0.266 e. The van der Waals surface area contributed by atoms with Crippen LogP contribution in [0.5, 0.6) is 0 Å². The number of hydrogen-bond donors (Lipinski definition) is 1. The molecule has 1 aromatic rings. The van der Waals surface area contributed by atoms with Crippen molar-refractivity contribution in [2.45, 2.75) is 4.90 Å². The van der Waals surface area contributed by atoms with Gasteiger partial charge in [-0.15, -0.1) is 0 Å². The van der Waals surface area contributed by atoms with Crippen LogP contribution in [0.4, 0.5) is 0 Å². The van der Waals surface area contributed by atoms with Gasteiger partial charge in [-0.2, -0.15) is 0 Å². The predicted molar refractivity (Wildman–Crippen MR) is 60.7 cm³/mol. The van der Waals surface area contributed by atoms with E-state index in [4.69, 9.17) is 0 Å². The number of rotatable bonds is 0. The fourth-order valence-electron chi connectivity index (χ4n) is 1.12. The maximum Gasteiger partial charge on any atom is 0.266 e. The van der Waals surface area contributed by atoms with Crippen molar-refractivity contribution in [1.82, 2.24) is 9.62 Å². The average molecular weight is 242 g/mol. The first-order chi connectivity index (χ1) is 7.34. The molecule has 0 aliphatic carbocycles. The van der Waals surface area contributed by atoms with Gasteiger partial charge in [0.05, 0.1) is 5.56 Å². The van der Waals surface area contributed by atoms with Gasteiger partial charge in [0.2, 0.25) is 0 Å². The first kappa shape index (κ1) is 12.7. The number of carbonyl (C=O) groups excluding carboxylic acids is 1. The summed E-state index contributed by atoms with van der Waals surface area (Å²) < 4.78 is 24.2. The van der Waals surface area contributed by atoms with Crippen molar-refractivity contribution in [3.8, 4) is 0 Å². The fourth-order valence-corrected chi connectivity index (χ4v) is 2.29. The molecule has 0 spiro atoms. The molecule has 0 atom stereocenters. The summed E-state index contributed by atoms with van der Waals surface area (Å²) in [6.45, 7) is 0. The molecule has 0 radical (unpaired) electrons. The van der Waals surface area contributed by atoms with Crippen LogP contribution in [-0.2, 0) is 10.0 Å². The topological polar surface area (TPSA) is 66.5 Å².